The number of carbonyl (C=O) groups excluding carboxylic acids is 2. The smallest absolute Gasteiger partial charge is 0.254 e. The molecule has 1 aliphatic carbocycles. The second-order valence-electron chi connectivity index (χ2n) is 7.88. The molecule has 3 saturated heterocycles. The van der Waals surface area contributed by atoms with Gasteiger partial charge in [0.05, 0.1) is 16.1 Å². The molecule has 1 aromatic carbocycles. The Hall–Kier alpha value is -0.970. The van der Waals surface area contributed by atoms with Crippen LogP contribution in [0.3, 0.4) is 0 Å². The van der Waals surface area contributed by atoms with E-state index in [1.165, 1.54) is 0 Å². The summed E-state index contributed by atoms with van der Waals surface area (Å²) in [6.07, 6.45) is 1.10. The molecular formula is C19H23ClN4O3S2. The number of thioether (sulfide) groups is 2. The van der Waals surface area contributed by atoms with E-state index in [9.17, 15) is 14.7 Å². The van der Waals surface area contributed by atoms with E-state index in [0.29, 0.717) is 55.3 Å². The van der Waals surface area contributed by atoms with Gasteiger partial charge in [0.1, 0.15) is 10.4 Å². The van der Waals surface area contributed by atoms with Gasteiger partial charge in [-0.1, -0.05) is 23.7 Å². The van der Waals surface area contributed by atoms with Crippen LogP contribution in [-0.4, -0.2) is 74.1 Å². The van der Waals surface area contributed by atoms with Crippen LogP contribution in [0, 0.1) is 0 Å². The van der Waals surface area contributed by atoms with E-state index in [2.05, 4.69) is 10.6 Å². The Balaban J connectivity index is 1.17. The van der Waals surface area contributed by atoms with Crippen molar-refractivity contribution in [2.45, 2.75) is 39.4 Å². The van der Waals surface area contributed by atoms with Gasteiger partial charge in [-0.3, -0.25) is 20.2 Å². The molecule has 0 aromatic heterocycles. The normalized spacial score (nSPS) is 32.9. The van der Waals surface area contributed by atoms with Crippen molar-refractivity contribution in [2.75, 3.05) is 26.2 Å². The number of halogens is 1. The number of piperazine rings is 1. The number of hydrogen-bond acceptors (Lipinski definition) is 7. The van der Waals surface area contributed by atoms with Gasteiger partial charge in [-0.2, -0.15) is 0 Å². The summed E-state index contributed by atoms with van der Waals surface area (Å²) in [5.74, 6) is -0.201. The lowest BCUT2D eigenvalue weighted by atomic mass is 10.1. The van der Waals surface area contributed by atoms with Gasteiger partial charge < -0.3 is 14.9 Å². The molecule has 29 heavy (non-hydrogen) atoms. The Morgan fingerprint density at radius 1 is 1.00 bits per heavy atom. The summed E-state index contributed by atoms with van der Waals surface area (Å²) in [4.78, 5) is 28.5. The minimum Gasteiger partial charge on any atom is -0.380 e. The predicted molar refractivity (Wildman–Crippen MR) is 115 cm³/mol. The van der Waals surface area contributed by atoms with E-state index in [-0.39, 0.29) is 22.0 Å². The first-order chi connectivity index (χ1) is 13.9. The number of nitrogens with zero attached hydrogens (tertiary/aromatic N) is 2. The molecule has 3 heterocycles. The van der Waals surface area contributed by atoms with Crippen LogP contribution < -0.4 is 10.6 Å². The van der Waals surface area contributed by atoms with Crippen LogP contribution in [0.25, 0.3) is 0 Å². The standard InChI is InChI=1S/C19H23ClN4O3S2/c20-18-22-15-14(29-18)21-13(28-15)11-1-3-12(4-2-11)16(25)23-7-9-24(10-8-23)17(26)19(27)5-6-19/h1-4,13-15,18,21-22,27H,5-10H2. The van der Waals surface area contributed by atoms with Crippen molar-refractivity contribution < 1.29 is 14.7 Å². The van der Waals surface area contributed by atoms with Gasteiger partial charge in [0.25, 0.3) is 11.8 Å². The summed E-state index contributed by atoms with van der Waals surface area (Å²) in [6.45, 7) is 1.94. The highest BCUT2D eigenvalue weighted by Gasteiger charge is 2.50. The van der Waals surface area contributed by atoms with Crippen molar-refractivity contribution in [3.05, 3.63) is 35.4 Å². The maximum absolute atomic E-state index is 12.8. The third-order valence-corrected chi connectivity index (χ3v) is 8.94. The van der Waals surface area contributed by atoms with Crippen molar-refractivity contribution in [1.29, 1.82) is 0 Å². The van der Waals surface area contributed by atoms with Crippen LogP contribution in [0.2, 0.25) is 0 Å². The molecule has 4 aliphatic rings. The Morgan fingerprint density at radius 2 is 1.62 bits per heavy atom. The van der Waals surface area contributed by atoms with Crippen LogP contribution in [0.4, 0.5) is 0 Å². The first kappa shape index (κ1) is 20.0. The topological polar surface area (TPSA) is 84.9 Å². The minimum atomic E-state index is -1.13. The zero-order valence-corrected chi connectivity index (χ0v) is 18.1. The molecule has 4 fully saturated rings. The average Bonchev–Trinajstić information content (AvgIpc) is 3.22. The summed E-state index contributed by atoms with van der Waals surface area (Å²) < 4.78 is 0. The van der Waals surface area contributed by atoms with Crippen LogP contribution in [0.5, 0.6) is 0 Å². The monoisotopic (exact) mass is 454 g/mol. The molecule has 10 heteroatoms. The maximum atomic E-state index is 12.8. The Labute approximate surface area is 182 Å². The predicted octanol–water partition coefficient (Wildman–Crippen LogP) is 1.34. The molecule has 4 unspecified atom stereocenters. The molecule has 0 spiro atoms. The first-order valence-corrected chi connectivity index (χ1v) is 12.1. The molecule has 5 rings (SSSR count). The second kappa shape index (κ2) is 7.62. The van der Waals surface area contributed by atoms with Gasteiger partial charge in [0.15, 0.2) is 0 Å². The molecule has 1 saturated carbocycles. The SMILES string of the molecule is O=C(c1ccc(C2NC3SC(Cl)NC3S2)cc1)N1CCN(C(=O)C2(O)CC2)CC1. The summed E-state index contributed by atoms with van der Waals surface area (Å²) >= 11 is 9.61. The Morgan fingerprint density at radius 3 is 2.24 bits per heavy atom. The molecule has 7 nitrogen and oxygen atoms in total. The molecule has 1 aromatic rings. The van der Waals surface area contributed by atoms with Gasteiger partial charge in [-0.25, -0.2) is 0 Å². The van der Waals surface area contributed by atoms with E-state index in [1.807, 2.05) is 36.0 Å². The molecule has 0 radical (unpaired) electrons. The summed E-state index contributed by atoms with van der Waals surface area (Å²) in [5, 5.41) is 17.7. The Bertz CT molecular complexity index is 800. The van der Waals surface area contributed by atoms with Crippen molar-refractivity contribution in [3.8, 4) is 0 Å². The van der Waals surface area contributed by atoms with Gasteiger partial charge in [-0.15, -0.1) is 23.5 Å². The third kappa shape index (κ3) is 3.88. The van der Waals surface area contributed by atoms with Gasteiger partial charge in [-0.05, 0) is 30.5 Å². The van der Waals surface area contributed by atoms with Gasteiger partial charge >= 0.3 is 0 Å². The number of nitrogens with one attached hydrogen (secondary N) is 2. The van der Waals surface area contributed by atoms with Crippen LogP contribution in [0.1, 0.15) is 34.1 Å². The Kier molecular flexibility index (Phi) is 5.24. The fraction of sp³-hybridized carbons (Fsp3) is 0.579. The molecule has 2 amide bonds. The van der Waals surface area contributed by atoms with E-state index < -0.39 is 5.60 Å². The number of alkyl halides is 1. The lowest BCUT2D eigenvalue weighted by molar-refractivity contribution is -0.143. The van der Waals surface area contributed by atoms with E-state index in [1.54, 1.807) is 21.6 Å². The van der Waals surface area contributed by atoms with Crippen molar-refractivity contribution in [2.24, 2.45) is 0 Å². The number of carbonyl (C=O) groups is 2. The van der Waals surface area contributed by atoms with Gasteiger partial charge in [0, 0.05) is 31.7 Å². The lowest BCUT2D eigenvalue weighted by Crippen LogP contribution is -2.53. The number of aliphatic hydroxyl groups is 1. The molecule has 3 aliphatic heterocycles. The fourth-order valence-corrected chi connectivity index (χ4v) is 7.21. The lowest BCUT2D eigenvalue weighted by Gasteiger charge is -2.35. The number of benzene rings is 1. The average molecular weight is 455 g/mol. The zero-order chi connectivity index (χ0) is 20.2. The highest BCUT2D eigenvalue weighted by Crippen LogP contribution is 2.46. The number of amides is 2. The van der Waals surface area contributed by atoms with E-state index in [0.717, 1.165) is 5.56 Å². The first-order valence-electron chi connectivity index (χ1n) is 9.81. The highest BCUT2D eigenvalue weighted by atomic mass is 35.5. The maximum Gasteiger partial charge on any atom is 0.254 e. The highest BCUT2D eigenvalue weighted by molar-refractivity contribution is 8.06. The number of rotatable bonds is 3. The van der Waals surface area contributed by atoms with Crippen LogP contribution in [0.15, 0.2) is 24.3 Å². The van der Waals surface area contributed by atoms with Crippen LogP contribution >= 0.6 is 35.1 Å². The molecule has 156 valence electrons. The van der Waals surface area contributed by atoms with E-state index in [4.69, 9.17) is 11.6 Å². The molecule has 3 N–H and O–H groups in total. The molecule has 4 atom stereocenters. The van der Waals surface area contributed by atoms with E-state index >= 15 is 0 Å². The van der Waals surface area contributed by atoms with Crippen molar-refractivity contribution in [3.63, 3.8) is 0 Å². The molecule has 0 bridgehead atoms. The number of hydrogen-bond donors (Lipinski definition) is 3. The summed E-state index contributed by atoms with van der Waals surface area (Å²) in [5.41, 5.74) is 0.666. The molecular weight excluding hydrogens is 432 g/mol. The zero-order valence-electron chi connectivity index (χ0n) is 15.7. The second-order valence-corrected chi connectivity index (χ2v) is 11.1. The number of fused-ring (bicyclic) bond motifs is 1. The summed E-state index contributed by atoms with van der Waals surface area (Å²) in [6, 6.07) is 7.76. The van der Waals surface area contributed by atoms with Gasteiger partial charge in [0.2, 0.25) is 0 Å². The summed E-state index contributed by atoms with van der Waals surface area (Å²) in [7, 11) is 0. The van der Waals surface area contributed by atoms with Crippen molar-refractivity contribution in [1.82, 2.24) is 20.4 Å². The largest absolute Gasteiger partial charge is 0.380 e. The third-order valence-electron chi connectivity index (χ3n) is 5.87. The van der Waals surface area contributed by atoms with Crippen LogP contribution in [-0.2, 0) is 4.79 Å². The quantitative estimate of drug-likeness (QED) is 0.469. The fourth-order valence-electron chi connectivity index (χ4n) is 3.93. The van der Waals surface area contributed by atoms with Crippen molar-refractivity contribution >= 4 is 46.9 Å². The minimum absolute atomic E-state index is 0.0140.